The molecule has 1 unspecified atom stereocenters. The van der Waals surface area contributed by atoms with Gasteiger partial charge in [-0.1, -0.05) is 24.3 Å². The minimum atomic E-state index is -0.0429. The van der Waals surface area contributed by atoms with Crippen molar-refractivity contribution >= 4 is 28.6 Å². The molecule has 24 heavy (non-hydrogen) atoms. The van der Waals surface area contributed by atoms with Crippen molar-refractivity contribution in [3.63, 3.8) is 0 Å². The summed E-state index contributed by atoms with van der Waals surface area (Å²) in [4.78, 5) is 17.7. The van der Waals surface area contributed by atoms with Gasteiger partial charge in [0.25, 0.3) is 0 Å². The lowest BCUT2D eigenvalue weighted by atomic mass is 10.1. The number of para-hydroxylation sites is 1. The van der Waals surface area contributed by atoms with Crippen LogP contribution in [0.1, 0.15) is 24.2 Å². The Morgan fingerprint density at radius 3 is 2.83 bits per heavy atom. The van der Waals surface area contributed by atoms with Gasteiger partial charge in [0.2, 0.25) is 5.91 Å². The number of rotatable bonds is 5. The maximum absolute atomic E-state index is 12.3. The standard InChI is InChI=1S/C19H21N3OS/c1-13-8-9-15(10-20-13)14(2)21-19(23)12-24-18-11-22(3)17-7-5-4-6-16(17)18/h4-11,14H,12H2,1-3H3,(H,21,23). The van der Waals surface area contributed by atoms with E-state index in [2.05, 4.69) is 33.2 Å². The average Bonchev–Trinajstić information content (AvgIpc) is 2.90. The number of aromatic nitrogens is 2. The number of aryl methyl sites for hydroxylation is 2. The first-order valence-electron chi connectivity index (χ1n) is 7.93. The molecule has 0 aliphatic carbocycles. The second-order valence-electron chi connectivity index (χ2n) is 5.93. The van der Waals surface area contributed by atoms with E-state index in [-0.39, 0.29) is 11.9 Å². The summed E-state index contributed by atoms with van der Waals surface area (Å²) >= 11 is 1.57. The molecule has 0 radical (unpaired) electrons. The molecular weight excluding hydrogens is 318 g/mol. The topological polar surface area (TPSA) is 46.9 Å². The molecule has 124 valence electrons. The zero-order chi connectivity index (χ0) is 17.1. The molecule has 1 N–H and O–H groups in total. The summed E-state index contributed by atoms with van der Waals surface area (Å²) in [6.45, 7) is 3.93. The highest BCUT2D eigenvalue weighted by Gasteiger charge is 2.12. The van der Waals surface area contributed by atoms with Gasteiger partial charge in [0.15, 0.2) is 0 Å². The van der Waals surface area contributed by atoms with Gasteiger partial charge in [0, 0.05) is 40.9 Å². The number of carbonyl (C=O) groups excluding carboxylic acids is 1. The van der Waals surface area contributed by atoms with Crippen molar-refractivity contribution in [2.75, 3.05) is 5.75 Å². The molecule has 0 saturated heterocycles. The van der Waals surface area contributed by atoms with E-state index in [0.29, 0.717) is 5.75 Å². The summed E-state index contributed by atoms with van der Waals surface area (Å²) in [5.41, 5.74) is 3.17. The van der Waals surface area contributed by atoms with Crippen LogP contribution in [0, 0.1) is 6.92 Å². The lowest BCUT2D eigenvalue weighted by molar-refractivity contribution is -0.119. The molecule has 0 fully saturated rings. The molecule has 2 aromatic heterocycles. The molecule has 1 atom stereocenters. The number of pyridine rings is 1. The Balaban J connectivity index is 1.61. The maximum atomic E-state index is 12.3. The Hall–Kier alpha value is -2.27. The highest BCUT2D eigenvalue weighted by Crippen LogP contribution is 2.29. The lowest BCUT2D eigenvalue weighted by Gasteiger charge is -2.14. The Morgan fingerprint density at radius 1 is 1.29 bits per heavy atom. The van der Waals surface area contributed by atoms with Crippen molar-refractivity contribution in [3.8, 4) is 0 Å². The first-order valence-corrected chi connectivity index (χ1v) is 8.92. The summed E-state index contributed by atoms with van der Waals surface area (Å²) in [5.74, 6) is 0.429. The van der Waals surface area contributed by atoms with E-state index in [9.17, 15) is 4.79 Å². The van der Waals surface area contributed by atoms with Crippen LogP contribution in [0.15, 0.2) is 53.7 Å². The van der Waals surface area contributed by atoms with E-state index < -0.39 is 0 Å². The van der Waals surface area contributed by atoms with E-state index in [1.165, 1.54) is 10.9 Å². The zero-order valence-electron chi connectivity index (χ0n) is 14.1. The largest absolute Gasteiger partial charge is 0.349 e. The first-order chi connectivity index (χ1) is 11.5. The van der Waals surface area contributed by atoms with Gasteiger partial charge in [-0.2, -0.15) is 0 Å². The van der Waals surface area contributed by atoms with Gasteiger partial charge in [-0.3, -0.25) is 9.78 Å². The van der Waals surface area contributed by atoms with E-state index in [1.807, 2.05) is 51.4 Å². The smallest absolute Gasteiger partial charge is 0.230 e. The number of amides is 1. The molecule has 3 aromatic rings. The van der Waals surface area contributed by atoms with Gasteiger partial charge < -0.3 is 9.88 Å². The van der Waals surface area contributed by atoms with Crippen LogP contribution in [0.3, 0.4) is 0 Å². The second kappa shape index (κ2) is 7.09. The molecule has 2 heterocycles. The van der Waals surface area contributed by atoms with E-state index in [0.717, 1.165) is 16.2 Å². The summed E-state index contributed by atoms with van der Waals surface area (Å²) in [7, 11) is 2.03. The molecule has 1 aromatic carbocycles. The van der Waals surface area contributed by atoms with Crippen molar-refractivity contribution in [1.82, 2.24) is 14.9 Å². The molecule has 0 spiro atoms. The van der Waals surface area contributed by atoms with Crippen LogP contribution >= 0.6 is 11.8 Å². The summed E-state index contributed by atoms with van der Waals surface area (Å²) in [5, 5.41) is 4.22. The fourth-order valence-corrected chi connectivity index (χ4v) is 3.60. The van der Waals surface area contributed by atoms with E-state index in [1.54, 1.807) is 11.8 Å². The third-order valence-corrected chi connectivity index (χ3v) is 5.07. The van der Waals surface area contributed by atoms with Crippen molar-refractivity contribution < 1.29 is 4.79 Å². The number of fused-ring (bicyclic) bond motifs is 1. The highest BCUT2D eigenvalue weighted by molar-refractivity contribution is 8.00. The van der Waals surface area contributed by atoms with Crippen LogP contribution in [0.25, 0.3) is 10.9 Å². The van der Waals surface area contributed by atoms with Crippen LogP contribution < -0.4 is 5.32 Å². The van der Waals surface area contributed by atoms with Gasteiger partial charge in [0.1, 0.15) is 0 Å². The van der Waals surface area contributed by atoms with Crippen molar-refractivity contribution in [3.05, 3.63) is 60.0 Å². The quantitative estimate of drug-likeness (QED) is 0.718. The van der Waals surface area contributed by atoms with Crippen LogP contribution in [0.4, 0.5) is 0 Å². The van der Waals surface area contributed by atoms with Crippen LogP contribution in [-0.4, -0.2) is 21.2 Å². The third-order valence-electron chi connectivity index (χ3n) is 4.03. The number of nitrogens with zero attached hydrogens (tertiary/aromatic N) is 2. The summed E-state index contributed by atoms with van der Waals surface area (Å²) in [6.07, 6.45) is 3.90. The van der Waals surface area contributed by atoms with E-state index in [4.69, 9.17) is 0 Å². The van der Waals surface area contributed by atoms with Gasteiger partial charge >= 0.3 is 0 Å². The predicted molar refractivity (Wildman–Crippen MR) is 99.2 cm³/mol. The normalized spacial score (nSPS) is 12.3. The Labute approximate surface area is 146 Å². The lowest BCUT2D eigenvalue weighted by Crippen LogP contribution is -2.28. The molecule has 4 nitrogen and oxygen atoms in total. The first kappa shape index (κ1) is 16.6. The minimum absolute atomic E-state index is 0.0287. The summed E-state index contributed by atoms with van der Waals surface area (Å²) in [6, 6.07) is 12.2. The maximum Gasteiger partial charge on any atom is 0.230 e. The van der Waals surface area contributed by atoms with Crippen molar-refractivity contribution in [1.29, 1.82) is 0 Å². The van der Waals surface area contributed by atoms with Crippen LogP contribution in [0.5, 0.6) is 0 Å². The zero-order valence-corrected chi connectivity index (χ0v) is 14.9. The number of hydrogen-bond donors (Lipinski definition) is 1. The number of thioether (sulfide) groups is 1. The molecule has 0 bridgehead atoms. The molecule has 1 amide bonds. The van der Waals surface area contributed by atoms with Crippen molar-refractivity contribution in [2.45, 2.75) is 24.8 Å². The number of nitrogens with one attached hydrogen (secondary N) is 1. The predicted octanol–water partition coefficient (Wildman–Crippen LogP) is 3.85. The average molecular weight is 339 g/mol. The summed E-state index contributed by atoms with van der Waals surface area (Å²) < 4.78 is 2.09. The molecule has 0 saturated carbocycles. The molecule has 0 aliphatic rings. The van der Waals surface area contributed by atoms with Gasteiger partial charge in [-0.15, -0.1) is 11.8 Å². The Bertz CT molecular complexity index is 855. The monoisotopic (exact) mass is 339 g/mol. The Morgan fingerprint density at radius 2 is 2.08 bits per heavy atom. The fraction of sp³-hybridized carbons (Fsp3) is 0.263. The molecule has 5 heteroatoms. The van der Waals surface area contributed by atoms with Crippen LogP contribution in [-0.2, 0) is 11.8 Å². The molecule has 3 rings (SSSR count). The number of carbonyl (C=O) groups is 1. The van der Waals surface area contributed by atoms with Gasteiger partial charge in [-0.05, 0) is 31.5 Å². The molecule has 0 aliphatic heterocycles. The number of benzene rings is 1. The highest BCUT2D eigenvalue weighted by atomic mass is 32.2. The van der Waals surface area contributed by atoms with E-state index >= 15 is 0 Å². The van der Waals surface area contributed by atoms with Crippen molar-refractivity contribution in [2.24, 2.45) is 7.05 Å². The third kappa shape index (κ3) is 3.62. The van der Waals surface area contributed by atoms with Crippen LogP contribution in [0.2, 0.25) is 0 Å². The SMILES string of the molecule is Cc1ccc(C(C)NC(=O)CSc2cn(C)c3ccccc23)cn1. The Kier molecular flexibility index (Phi) is 4.90. The van der Waals surface area contributed by atoms with Gasteiger partial charge in [0.05, 0.1) is 11.8 Å². The minimum Gasteiger partial charge on any atom is -0.349 e. The second-order valence-corrected chi connectivity index (χ2v) is 6.95. The van der Waals surface area contributed by atoms with Gasteiger partial charge in [-0.25, -0.2) is 0 Å². The molecular formula is C19H21N3OS. The number of hydrogen-bond acceptors (Lipinski definition) is 3. The fourth-order valence-electron chi connectivity index (χ4n) is 2.66.